The Morgan fingerprint density at radius 3 is 2.60 bits per heavy atom. The van der Waals surface area contributed by atoms with Gasteiger partial charge in [0, 0.05) is 6.20 Å². The molecule has 0 bridgehead atoms. The molecule has 3 unspecified atom stereocenters. The summed E-state index contributed by atoms with van der Waals surface area (Å²) in [5, 5.41) is 4.49. The summed E-state index contributed by atoms with van der Waals surface area (Å²) in [6.45, 7) is 6.67. The molecule has 2 N–H and O–H groups in total. The average molecular weight is 207 g/mol. The van der Waals surface area contributed by atoms with E-state index in [1.54, 1.807) is 0 Å². The number of aromatic nitrogens is 2. The number of hydrogen-bond donors (Lipinski definition) is 1. The molecule has 1 aromatic heterocycles. The maximum Gasteiger partial charge on any atom is 0.0823 e. The minimum Gasteiger partial charge on any atom is -0.396 e. The fraction of sp³-hybridized carbons (Fsp3) is 0.750. The largest absolute Gasteiger partial charge is 0.396 e. The van der Waals surface area contributed by atoms with Crippen molar-refractivity contribution in [3.63, 3.8) is 0 Å². The van der Waals surface area contributed by atoms with Crippen molar-refractivity contribution in [1.82, 2.24) is 9.78 Å². The third-order valence-electron chi connectivity index (χ3n) is 3.90. The maximum absolute atomic E-state index is 5.83. The van der Waals surface area contributed by atoms with E-state index in [-0.39, 0.29) is 0 Å². The van der Waals surface area contributed by atoms with Gasteiger partial charge >= 0.3 is 0 Å². The van der Waals surface area contributed by atoms with Crippen LogP contribution in [0.25, 0.3) is 0 Å². The molecule has 3 nitrogen and oxygen atoms in total. The van der Waals surface area contributed by atoms with Gasteiger partial charge in [0.1, 0.15) is 0 Å². The summed E-state index contributed by atoms with van der Waals surface area (Å²) in [4.78, 5) is 0. The van der Waals surface area contributed by atoms with Crippen molar-refractivity contribution >= 4 is 5.69 Å². The smallest absolute Gasteiger partial charge is 0.0823 e. The Kier molecular flexibility index (Phi) is 2.72. The van der Waals surface area contributed by atoms with Gasteiger partial charge in [0.25, 0.3) is 0 Å². The number of rotatable bonds is 1. The highest BCUT2D eigenvalue weighted by molar-refractivity contribution is 5.39. The van der Waals surface area contributed by atoms with Crippen LogP contribution >= 0.6 is 0 Å². The van der Waals surface area contributed by atoms with Crippen molar-refractivity contribution in [3.05, 3.63) is 11.9 Å². The lowest BCUT2D eigenvalue weighted by atomic mass is 9.79. The number of hydrogen-bond acceptors (Lipinski definition) is 2. The van der Waals surface area contributed by atoms with Crippen LogP contribution in [-0.4, -0.2) is 9.78 Å². The van der Waals surface area contributed by atoms with Gasteiger partial charge in [-0.15, -0.1) is 0 Å². The predicted octanol–water partition coefficient (Wildman–Crippen LogP) is 2.77. The van der Waals surface area contributed by atoms with Gasteiger partial charge < -0.3 is 5.73 Å². The minimum atomic E-state index is 0.562. The van der Waals surface area contributed by atoms with Crippen LogP contribution in [0.3, 0.4) is 0 Å². The lowest BCUT2D eigenvalue weighted by Crippen LogP contribution is -2.23. The quantitative estimate of drug-likeness (QED) is 0.769. The van der Waals surface area contributed by atoms with Crippen molar-refractivity contribution in [2.75, 3.05) is 5.73 Å². The van der Waals surface area contributed by atoms with E-state index >= 15 is 0 Å². The van der Waals surface area contributed by atoms with Gasteiger partial charge in [-0.05, 0) is 38.0 Å². The standard InChI is InChI=1S/C12H21N3/c1-8-4-5-11(6-9(8)2)15-7-12(13)10(3)14-15/h7-9,11H,4-6,13H2,1-3H3. The lowest BCUT2D eigenvalue weighted by Gasteiger charge is -2.32. The fourth-order valence-electron chi connectivity index (χ4n) is 2.44. The van der Waals surface area contributed by atoms with Gasteiger partial charge in [0.2, 0.25) is 0 Å². The molecule has 84 valence electrons. The third kappa shape index (κ3) is 2.01. The summed E-state index contributed by atoms with van der Waals surface area (Å²) in [6, 6.07) is 0.562. The van der Waals surface area contributed by atoms with Crippen molar-refractivity contribution < 1.29 is 0 Å². The molecule has 0 amide bonds. The topological polar surface area (TPSA) is 43.8 Å². The van der Waals surface area contributed by atoms with Crippen LogP contribution in [0.5, 0.6) is 0 Å². The molecule has 0 aromatic carbocycles. The average Bonchev–Trinajstić information content (AvgIpc) is 2.52. The van der Waals surface area contributed by atoms with E-state index < -0.39 is 0 Å². The third-order valence-corrected chi connectivity index (χ3v) is 3.90. The molecule has 3 atom stereocenters. The Labute approximate surface area is 91.7 Å². The molecular weight excluding hydrogens is 186 g/mol. The molecule has 15 heavy (non-hydrogen) atoms. The van der Waals surface area contributed by atoms with Gasteiger partial charge in [-0.1, -0.05) is 13.8 Å². The Bertz CT molecular complexity index is 323. The molecule has 1 aliphatic rings. The van der Waals surface area contributed by atoms with Crippen LogP contribution < -0.4 is 5.73 Å². The Morgan fingerprint density at radius 1 is 1.33 bits per heavy atom. The number of nitrogens with two attached hydrogens (primary N) is 1. The van der Waals surface area contributed by atoms with Crippen LogP contribution in [0.1, 0.15) is 44.8 Å². The second kappa shape index (κ2) is 3.87. The molecule has 1 heterocycles. The van der Waals surface area contributed by atoms with E-state index in [1.807, 2.05) is 13.1 Å². The van der Waals surface area contributed by atoms with Crippen molar-refractivity contribution in [1.29, 1.82) is 0 Å². The van der Waals surface area contributed by atoms with Crippen molar-refractivity contribution in [3.8, 4) is 0 Å². The van der Waals surface area contributed by atoms with Crippen LogP contribution in [0.15, 0.2) is 6.20 Å². The summed E-state index contributed by atoms with van der Waals surface area (Å²) < 4.78 is 2.08. The monoisotopic (exact) mass is 207 g/mol. The molecule has 2 rings (SSSR count). The first-order chi connectivity index (χ1) is 7.08. The summed E-state index contributed by atoms with van der Waals surface area (Å²) >= 11 is 0. The molecule has 0 radical (unpaired) electrons. The lowest BCUT2D eigenvalue weighted by molar-refractivity contribution is 0.200. The first-order valence-corrected chi connectivity index (χ1v) is 5.89. The molecular formula is C12H21N3. The van der Waals surface area contributed by atoms with Gasteiger partial charge in [-0.25, -0.2) is 0 Å². The van der Waals surface area contributed by atoms with Gasteiger partial charge in [0.05, 0.1) is 17.4 Å². The molecule has 1 aliphatic carbocycles. The van der Waals surface area contributed by atoms with E-state index in [9.17, 15) is 0 Å². The highest BCUT2D eigenvalue weighted by Gasteiger charge is 2.26. The number of nitrogens with zero attached hydrogens (tertiary/aromatic N) is 2. The molecule has 0 saturated heterocycles. The number of aryl methyl sites for hydroxylation is 1. The van der Waals surface area contributed by atoms with Gasteiger partial charge in [0.15, 0.2) is 0 Å². The number of nitrogen functional groups attached to an aromatic ring is 1. The second-order valence-electron chi connectivity index (χ2n) is 5.07. The zero-order valence-corrected chi connectivity index (χ0v) is 9.90. The van der Waals surface area contributed by atoms with Gasteiger partial charge in [-0.3, -0.25) is 4.68 Å². The zero-order chi connectivity index (χ0) is 11.0. The van der Waals surface area contributed by atoms with E-state index in [4.69, 9.17) is 5.73 Å². The first kappa shape index (κ1) is 10.5. The molecule has 0 aliphatic heterocycles. The Balaban J connectivity index is 2.12. The van der Waals surface area contributed by atoms with Crippen molar-refractivity contribution in [2.45, 2.75) is 46.1 Å². The fourth-order valence-corrected chi connectivity index (χ4v) is 2.44. The summed E-state index contributed by atoms with van der Waals surface area (Å²) in [5.41, 5.74) is 7.61. The number of anilines is 1. The minimum absolute atomic E-state index is 0.562. The molecule has 0 spiro atoms. The maximum atomic E-state index is 5.83. The molecule has 1 saturated carbocycles. The molecule has 1 aromatic rings. The SMILES string of the molecule is Cc1nn(C2CCC(C)C(C)C2)cc1N. The molecule has 1 fully saturated rings. The predicted molar refractivity (Wildman–Crippen MR) is 62.6 cm³/mol. The highest BCUT2D eigenvalue weighted by atomic mass is 15.3. The molecule has 3 heteroatoms. The summed E-state index contributed by atoms with van der Waals surface area (Å²) in [7, 11) is 0. The van der Waals surface area contributed by atoms with Crippen LogP contribution in [0.2, 0.25) is 0 Å². The Hall–Kier alpha value is -0.990. The van der Waals surface area contributed by atoms with Crippen LogP contribution in [0.4, 0.5) is 5.69 Å². The normalized spacial score (nSPS) is 31.8. The zero-order valence-electron chi connectivity index (χ0n) is 9.90. The van der Waals surface area contributed by atoms with E-state index in [2.05, 4.69) is 23.6 Å². The van der Waals surface area contributed by atoms with Crippen molar-refractivity contribution in [2.24, 2.45) is 11.8 Å². The summed E-state index contributed by atoms with van der Waals surface area (Å²) in [5.74, 6) is 1.66. The highest BCUT2D eigenvalue weighted by Crippen LogP contribution is 2.36. The Morgan fingerprint density at radius 2 is 2.07 bits per heavy atom. The summed E-state index contributed by atoms with van der Waals surface area (Å²) in [6.07, 6.45) is 5.78. The van der Waals surface area contributed by atoms with Crippen LogP contribution in [0, 0.1) is 18.8 Å². The first-order valence-electron chi connectivity index (χ1n) is 5.89. The van der Waals surface area contributed by atoms with Crippen LogP contribution in [-0.2, 0) is 0 Å². The van der Waals surface area contributed by atoms with E-state index in [1.165, 1.54) is 19.3 Å². The second-order valence-corrected chi connectivity index (χ2v) is 5.07. The van der Waals surface area contributed by atoms with E-state index in [0.717, 1.165) is 23.2 Å². The van der Waals surface area contributed by atoms with E-state index in [0.29, 0.717) is 6.04 Å². The van der Waals surface area contributed by atoms with Gasteiger partial charge in [-0.2, -0.15) is 5.10 Å².